The van der Waals surface area contributed by atoms with E-state index in [0.717, 1.165) is 0 Å². The summed E-state index contributed by atoms with van der Waals surface area (Å²) >= 11 is 5.98. The van der Waals surface area contributed by atoms with E-state index in [2.05, 4.69) is 20.0 Å². The Kier molecular flexibility index (Phi) is 7.07. The molecule has 0 saturated carbocycles. The van der Waals surface area contributed by atoms with Gasteiger partial charge < -0.3 is 20.1 Å². The zero-order valence-corrected chi connectivity index (χ0v) is 16.2. The van der Waals surface area contributed by atoms with E-state index < -0.39 is 31.1 Å². The fourth-order valence-corrected chi connectivity index (χ4v) is 2.63. The van der Waals surface area contributed by atoms with Crippen LogP contribution in [0.4, 0.5) is 13.2 Å². The Morgan fingerprint density at radius 3 is 2.69 bits per heavy atom. The first-order valence-electron chi connectivity index (χ1n) is 8.43. The number of halogens is 4. The van der Waals surface area contributed by atoms with Crippen LogP contribution in [0.3, 0.4) is 0 Å². The SMILES string of the molecule is CCC(=O)NC1N=C(C(=O)O)C=CN1C(C)c1cnc(OCC(F)(F)F)c(Cl)c1. The number of aromatic nitrogens is 1. The largest absolute Gasteiger partial charge is 0.477 e. The van der Waals surface area contributed by atoms with Gasteiger partial charge in [-0.3, -0.25) is 4.79 Å². The summed E-state index contributed by atoms with van der Waals surface area (Å²) in [6.07, 6.45) is -1.36. The molecule has 0 aromatic carbocycles. The number of carboxylic acids is 1. The highest BCUT2D eigenvalue weighted by molar-refractivity contribution is 6.40. The number of carboxylic acid groups (broad SMARTS) is 1. The van der Waals surface area contributed by atoms with Crippen molar-refractivity contribution in [3.8, 4) is 5.88 Å². The van der Waals surface area contributed by atoms with E-state index in [0.29, 0.717) is 5.56 Å². The van der Waals surface area contributed by atoms with Crippen LogP contribution in [0.5, 0.6) is 5.88 Å². The van der Waals surface area contributed by atoms with Crippen molar-refractivity contribution in [2.24, 2.45) is 4.99 Å². The van der Waals surface area contributed by atoms with Crippen molar-refractivity contribution in [2.75, 3.05) is 6.61 Å². The molecule has 1 aromatic heterocycles. The molecule has 1 amide bonds. The molecule has 1 aromatic rings. The minimum Gasteiger partial charge on any atom is -0.477 e. The number of aliphatic carboxylic acids is 1. The van der Waals surface area contributed by atoms with Gasteiger partial charge in [0.1, 0.15) is 10.7 Å². The highest BCUT2D eigenvalue weighted by Crippen LogP contribution is 2.30. The van der Waals surface area contributed by atoms with E-state index in [-0.39, 0.29) is 28.9 Å². The Morgan fingerprint density at radius 2 is 2.14 bits per heavy atom. The number of rotatable bonds is 7. The number of amides is 1. The summed E-state index contributed by atoms with van der Waals surface area (Å²) in [5.41, 5.74) is 0.255. The average Bonchev–Trinajstić information content (AvgIpc) is 2.65. The topological polar surface area (TPSA) is 104 Å². The van der Waals surface area contributed by atoms with Crippen LogP contribution in [0.1, 0.15) is 31.9 Å². The van der Waals surface area contributed by atoms with Gasteiger partial charge in [0.05, 0.1) is 6.04 Å². The molecule has 1 aliphatic heterocycles. The van der Waals surface area contributed by atoms with Crippen molar-refractivity contribution in [1.29, 1.82) is 0 Å². The van der Waals surface area contributed by atoms with Crippen LogP contribution in [-0.2, 0) is 9.59 Å². The molecule has 29 heavy (non-hydrogen) atoms. The Balaban J connectivity index is 2.23. The van der Waals surface area contributed by atoms with Crippen LogP contribution in [0.15, 0.2) is 29.5 Å². The second kappa shape index (κ2) is 9.12. The average molecular weight is 435 g/mol. The molecule has 8 nitrogen and oxygen atoms in total. The normalized spacial score (nSPS) is 17.5. The number of carbonyl (C=O) groups excluding carboxylic acids is 1. The van der Waals surface area contributed by atoms with Crippen molar-refractivity contribution in [3.05, 3.63) is 35.1 Å². The van der Waals surface area contributed by atoms with Crippen molar-refractivity contribution in [3.63, 3.8) is 0 Å². The number of alkyl halides is 3. The standard InChI is InChI=1S/C17H18ClF3N4O4/c1-3-13(26)24-16-23-12(15(27)28)4-5-25(16)9(2)10-6-11(18)14(22-7-10)29-8-17(19,20)21/h4-7,9,16H,3,8H2,1-2H3,(H,24,26)(H,27,28). The van der Waals surface area contributed by atoms with Crippen molar-refractivity contribution in [2.45, 2.75) is 38.8 Å². The summed E-state index contributed by atoms with van der Waals surface area (Å²) in [6, 6.07) is 0.877. The lowest BCUT2D eigenvalue weighted by Crippen LogP contribution is -2.47. The van der Waals surface area contributed by atoms with Gasteiger partial charge in [-0.15, -0.1) is 0 Å². The molecule has 2 rings (SSSR count). The number of carbonyl (C=O) groups is 2. The third-order valence-corrected chi connectivity index (χ3v) is 4.18. The summed E-state index contributed by atoms with van der Waals surface area (Å²) in [4.78, 5) is 32.4. The number of hydrogen-bond donors (Lipinski definition) is 2. The molecule has 0 saturated heterocycles. The third-order valence-electron chi connectivity index (χ3n) is 3.91. The van der Waals surface area contributed by atoms with Crippen LogP contribution >= 0.6 is 11.6 Å². The fourth-order valence-electron chi connectivity index (χ4n) is 2.40. The Morgan fingerprint density at radius 1 is 1.45 bits per heavy atom. The zero-order chi connectivity index (χ0) is 21.8. The molecule has 158 valence electrons. The second-order valence-electron chi connectivity index (χ2n) is 6.01. The summed E-state index contributed by atoms with van der Waals surface area (Å²) < 4.78 is 41.4. The Labute approximate surface area is 169 Å². The monoisotopic (exact) mass is 434 g/mol. The summed E-state index contributed by atoms with van der Waals surface area (Å²) in [5, 5.41) is 11.6. The van der Waals surface area contributed by atoms with E-state index in [9.17, 15) is 22.8 Å². The first-order valence-corrected chi connectivity index (χ1v) is 8.80. The van der Waals surface area contributed by atoms with Crippen molar-refractivity contribution >= 4 is 29.2 Å². The molecule has 0 fully saturated rings. The van der Waals surface area contributed by atoms with E-state index >= 15 is 0 Å². The highest BCUT2D eigenvalue weighted by atomic mass is 35.5. The minimum absolute atomic E-state index is 0.122. The molecule has 1 aliphatic rings. The number of nitrogens with zero attached hydrogens (tertiary/aromatic N) is 3. The van der Waals surface area contributed by atoms with Crippen LogP contribution in [0, 0.1) is 0 Å². The van der Waals surface area contributed by atoms with Gasteiger partial charge >= 0.3 is 12.1 Å². The number of nitrogens with one attached hydrogen (secondary N) is 1. The van der Waals surface area contributed by atoms with Gasteiger partial charge in [-0.2, -0.15) is 13.2 Å². The van der Waals surface area contributed by atoms with Gasteiger partial charge in [0.2, 0.25) is 11.8 Å². The number of aliphatic imine (C=N–C) groups is 1. The number of hydrogen-bond acceptors (Lipinski definition) is 6. The molecular formula is C17H18ClF3N4O4. The lowest BCUT2D eigenvalue weighted by Gasteiger charge is -2.35. The Hall–Kier alpha value is -2.82. The molecule has 12 heteroatoms. The number of ether oxygens (including phenoxy) is 1. The Bertz CT molecular complexity index is 844. The first-order chi connectivity index (χ1) is 13.5. The van der Waals surface area contributed by atoms with Gasteiger partial charge in [0.25, 0.3) is 0 Å². The highest BCUT2D eigenvalue weighted by Gasteiger charge is 2.30. The van der Waals surface area contributed by atoms with E-state index in [1.54, 1.807) is 18.7 Å². The lowest BCUT2D eigenvalue weighted by molar-refractivity contribution is -0.154. The van der Waals surface area contributed by atoms with Gasteiger partial charge in [-0.25, -0.2) is 14.8 Å². The zero-order valence-electron chi connectivity index (χ0n) is 15.4. The van der Waals surface area contributed by atoms with Gasteiger partial charge in [-0.1, -0.05) is 18.5 Å². The predicted octanol–water partition coefficient (Wildman–Crippen LogP) is 2.90. The molecule has 2 heterocycles. The molecule has 2 atom stereocenters. The maximum Gasteiger partial charge on any atom is 0.422 e. The third kappa shape index (κ3) is 6.08. The van der Waals surface area contributed by atoms with Gasteiger partial charge in [0.15, 0.2) is 12.9 Å². The molecule has 0 bridgehead atoms. The van der Waals surface area contributed by atoms with Crippen LogP contribution in [-0.4, -0.2) is 51.7 Å². The number of pyridine rings is 1. The van der Waals surface area contributed by atoms with Crippen LogP contribution in [0.2, 0.25) is 5.02 Å². The van der Waals surface area contributed by atoms with E-state index in [1.165, 1.54) is 24.5 Å². The van der Waals surface area contributed by atoms with Crippen molar-refractivity contribution in [1.82, 2.24) is 15.2 Å². The van der Waals surface area contributed by atoms with Crippen LogP contribution < -0.4 is 10.1 Å². The second-order valence-corrected chi connectivity index (χ2v) is 6.42. The molecule has 0 radical (unpaired) electrons. The first kappa shape index (κ1) is 22.5. The lowest BCUT2D eigenvalue weighted by atomic mass is 10.1. The van der Waals surface area contributed by atoms with E-state index in [1.807, 2.05) is 0 Å². The summed E-state index contributed by atoms with van der Waals surface area (Å²) in [6.45, 7) is 1.81. The molecule has 2 unspecified atom stereocenters. The molecular weight excluding hydrogens is 417 g/mol. The predicted molar refractivity (Wildman–Crippen MR) is 97.5 cm³/mol. The summed E-state index contributed by atoms with van der Waals surface area (Å²) in [7, 11) is 0. The molecule has 0 spiro atoms. The smallest absolute Gasteiger partial charge is 0.422 e. The van der Waals surface area contributed by atoms with Gasteiger partial charge in [-0.05, 0) is 24.6 Å². The summed E-state index contributed by atoms with van der Waals surface area (Å²) in [5.74, 6) is -1.96. The van der Waals surface area contributed by atoms with Crippen molar-refractivity contribution < 1.29 is 32.6 Å². The minimum atomic E-state index is -4.53. The quantitative estimate of drug-likeness (QED) is 0.683. The maximum atomic E-state index is 12.3. The fraction of sp³-hybridized carbons (Fsp3) is 0.412. The van der Waals surface area contributed by atoms with Gasteiger partial charge in [0, 0.05) is 18.8 Å². The molecule has 0 aliphatic carbocycles. The maximum absolute atomic E-state index is 12.3. The molecule has 2 N–H and O–H groups in total. The van der Waals surface area contributed by atoms with E-state index in [4.69, 9.17) is 16.7 Å². The van der Waals surface area contributed by atoms with Crippen LogP contribution in [0.25, 0.3) is 0 Å².